The van der Waals surface area contributed by atoms with E-state index in [1.54, 1.807) is 0 Å². The van der Waals surface area contributed by atoms with Gasteiger partial charge in [-0.15, -0.1) is 0 Å². The van der Waals surface area contributed by atoms with Gasteiger partial charge in [-0.1, -0.05) is 0 Å². The Balaban J connectivity index is 3.01. The van der Waals surface area contributed by atoms with Gasteiger partial charge in [0.05, 0.1) is 7.11 Å². The van der Waals surface area contributed by atoms with Crippen LogP contribution in [0.15, 0.2) is 12.1 Å². The van der Waals surface area contributed by atoms with Crippen LogP contribution < -0.4 is 10.1 Å². The lowest BCUT2D eigenvalue weighted by Gasteiger charge is -2.11. The van der Waals surface area contributed by atoms with Crippen LogP contribution in [0.5, 0.6) is 5.75 Å². The van der Waals surface area contributed by atoms with Crippen molar-refractivity contribution in [3.05, 3.63) is 23.8 Å². The number of benzene rings is 1. The summed E-state index contributed by atoms with van der Waals surface area (Å²) in [7, 11) is 1.23. The summed E-state index contributed by atoms with van der Waals surface area (Å²) in [5.74, 6) is -1.74. The molecule has 0 fully saturated rings. The molecule has 0 saturated heterocycles. The van der Waals surface area contributed by atoms with E-state index in [1.807, 2.05) is 13.8 Å². The van der Waals surface area contributed by atoms with Crippen molar-refractivity contribution < 1.29 is 13.5 Å². The molecular weight excluding hydrogens is 188 g/mol. The highest BCUT2D eigenvalue weighted by molar-refractivity contribution is 5.48. The molecule has 14 heavy (non-hydrogen) atoms. The lowest BCUT2D eigenvalue weighted by atomic mass is 10.2. The van der Waals surface area contributed by atoms with E-state index in [4.69, 9.17) is 0 Å². The molecule has 0 aliphatic rings. The Morgan fingerprint density at radius 2 is 1.71 bits per heavy atom. The van der Waals surface area contributed by atoms with E-state index >= 15 is 0 Å². The molecule has 0 aromatic heterocycles. The van der Waals surface area contributed by atoms with Crippen LogP contribution in [0, 0.1) is 11.6 Å². The van der Waals surface area contributed by atoms with E-state index in [-0.39, 0.29) is 11.8 Å². The third-order valence-corrected chi connectivity index (χ3v) is 1.66. The van der Waals surface area contributed by atoms with E-state index in [0.29, 0.717) is 5.69 Å². The molecular formula is C10H13F2NO. The van der Waals surface area contributed by atoms with Gasteiger partial charge in [-0.25, -0.2) is 8.78 Å². The van der Waals surface area contributed by atoms with Crippen molar-refractivity contribution in [3.63, 3.8) is 0 Å². The van der Waals surface area contributed by atoms with Crippen molar-refractivity contribution in [2.75, 3.05) is 12.4 Å². The number of halogens is 2. The number of anilines is 1. The molecule has 1 rings (SSSR count). The first-order chi connectivity index (χ1) is 6.54. The summed E-state index contributed by atoms with van der Waals surface area (Å²) < 4.78 is 30.9. The third kappa shape index (κ3) is 2.34. The normalized spacial score (nSPS) is 10.4. The van der Waals surface area contributed by atoms with Crippen LogP contribution in [0.1, 0.15) is 13.8 Å². The molecule has 0 spiro atoms. The lowest BCUT2D eigenvalue weighted by Crippen LogP contribution is -2.10. The first-order valence-electron chi connectivity index (χ1n) is 4.34. The number of rotatable bonds is 3. The SMILES string of the molecule is COc1c(F)cc(NC(C)C)cc1F. The number of hydrogen-bond donors (Lipinski definition) is 1. The molecule has 4 heteroatoms. The Morgan fingerprint density at radius 3 is 2.07 bits per heavy atom. The Morgan fingerprint density at radius 1 is 1.21 bits per heavy atom. The molecule has 0 atom stereocenters. The van der Waals surface area contributed by atoms with Crippen LogP contribution in [0.4, 0.5) is 14.5 Å². The topological polar surface area (TPSA) is 21.3 Å². The molecule has 78 valence electrons. The Bertz CT molecular complexity index is 303. The van der Waals surface area contributed by atoms with Gasteiger partial charge in [-0.3, -0.25) is 0 Å². The second-order valence-corrected chi connectivity index (χ2v) is 3.27. The molecule has 0 saturated carbocycles. The third-order valence-electron chi connectivity index (χ3n) is 1.66. The molecule has 0 amide bonds. The molecule has 0 aliphatic carbocycles. The van der Waals surface area contributed by atoms with E-state index in [0.717, 1.165) is 0 Å². The van der Waals surface area contributed by atoms with E-state index in [9.17, 15) is 8.78 Å². The van der Waals surface area contributed by atoms with Crippen LogP contribution in [0.25, 0.3) is 0 Å². The van der Waals surface area contributed by atoms with Gasteiger partial charge < -0.3 is 10.1 Å². The Labute approximate surface area is 81.9 Å². The minimum absolute atomic E-state index is 0.127. The van der Waals surface area contributed by atoms with E-state index in [1.165, 1.54) is 19.2 Å². The number of nitrogens with one attached hydrogen (secondary N) is 1. The Kier molecular flexibility index (Phi) is 3.28. The first kappa shape index (κ1) is 10.8. The van der Waals surface area contributed by atoms with Gasteiger partial charge in [0.25, 0.3) is 0 Å². The highest BCUT2D eigenvalue weighted by atomic mass is 19.1. The van der Waals surface area contributed by atoms with Gasteiger partial charge in [0.15, 0.2) is 17.4 Å². The average Bonchev–Trinajstić information content (AvgIpc) is 2.01. The van der Waals surface area contributed by atoms with E-state index in [2.05, 4.69) is 10.1 Å². The molecule has 0 radical (unpaired) electrons. The van der Waals surface area contributed by atoms with E-state index < -0.39 is 11.6 Å². The van der Waals surface area contributed by atoms with Crippen LogP contribution in [0.2, 0.25) is 0 Å². The molecule has 2 nitrogen and oxygen atoms in total. The summed E-state index contributed by atoms with van der Waals surface area (Å²) in [4.78, 5) is 0. The lowest BCUT2D eigenvalue weighted by molar-refractivity contribution is 0.360. The second-order valence-electron chi connectivity index (χ2n) is 3.27. The minimum Gasteiger partial charge on any atom is -0.491 e. The minimum atomic E-state index is -0.698. The highest BCUT2D eigenvalue weighted by Crippen LogP contribution is 2.25. The Hall–Kier alpha value is -1.32. The van der Waals surface area contributed by atoms with Crippen LogP contribution in [-0.4, -0.2) is 13.2 Å². The zero-order valence-electron chi connectivity index (χ0n) is 8.40. The molecule has 0 bridgehead atoms. The van der Waals surface area contributed by atoms with Crippen molar-refractivity contribution in [1.82, 2.24) is 0 Å². The summed E-state index contributed by atoms with van der Waals surface area (Å²) in [5, 5.41) is 2.90. The number of methoxy groups -OCH3 is 1. The molecule has 1 aromatic rings. The standard InChI is InChI=1S/C10H13F2NO/c1-6(2)13-7-4-8(11)10(14-3)9(12)5-7/h4-6,13H,1-3H3. The van der Waals surface area contributed by atoms with Crippen LogP contribution >= 0.6 is 0 Å². The predicted octanol–water partition coefficient (Wildman–Crippen LogP) is 2.79. The van der Waals surface area contributed by atoms with Crippen molar-refractivity contribution in [1.29, 1.82) is 0 Å². The largest absolute Gasteiger partial charge is 0.491 e. The molecule has 0 heterocycles. The van der Waals surface area contributed by atoms with Gasteiger partial charge in [0.2, 0.25) is 0 Å². The number of hydrogen-bond acceptors (Lipinski definition) is 2. The van der Waals surface area contributed by atoms with Crippen molar-refractivity contribution in [3.8, 4) is 5.75 Å². The van der Waals surface area contributed by atoms with Gasteiger partial charge in [0, 0.05) is 23.9 Å². The summed E-state index contributed by atoms with van der Waals surface area (Å²) in [6, 6.07) is 2.55. The van der Waals surface area contributed by atoms with Gasteiger partial charge in [0.1, 0.15) is 0 Å². The first-order valence-corrected chi connectivity index (χ1v) is 4.34. The molecule has 0 aliphatic heterocycles. The van der Waals surface area contributed by atoms with Crippen molar-refractivity contribution >= 4 is 5.69 Å². The zero-order chi connectivity index (χ0) is 10.7. The maximum absolute atomic E-state index is 13.2. The maximum atomic E-state index is 13.2. The maximum Gasteiger partial charge on any atom is 0.190 e. The highest BCUT2D eigenvalue weighted by Gasteiger charge is 2.11. The second kappa shape index (κ2) is 4.26. The summed E-state index contributed by atoms with van der Waals surface area (Å²) in [6.07, 6.45) is 0. The van der Waals surface area contributed by atoms with Crippen LogP contribution in [-0.2, 0) is 0 Å². The summed E-state index contributed by atoms with van der Waals surface area (Å²) in [5.41, 5.74) is 0.413. The summed E-state index contributed by atoms with van der Waals surface area (Å²) in [6.45, 7) is 3.78. The monoisotopic (exact) mass is 201 g/mol. The smallest absolute Gasteiger partial charge is 0.190 e. The molecule has 1 aromatic carbocycles. The van der Waals surface area contributed by atoms with Crippen molar-refractivity contribution in [2.24, 2.45) is 0 Å². The van der Waals surface area contributed by atoms with Gasteiger partial charge >= 0.3 is 0 Å². The average molecular weight is 201 g/mol. The fourth-order valence-corrected chi connectivity index (χ4v) is 1.17. The fourth-order valence-electron chi connectivity index (χ4n) is 1.17. The van der Waals surface area contributed by atoms with Crippen LogP contribution in [0.3, 0.4) is 0 Å². The van der Waals surface area contributed by atoms with Crippen molar-refractivity contribution in [2.45, 2.75) is 19.9 Å². The predicted molar refractivity (Wildman–Crippen MR) is 51.7 cm³/mol. The molecule has 1 N–H and O–H groups in total. The quantitative estimate of drug-likeness (QED) is 0.811. The zero-order valence-corrected chi connectivity index (χ0v) is 8.40. The summed E-state index contributed by atoms with van der Waals surface area (Å²) >= 11 is 0. The molecule has 0 unspecified atom stereocenters. The van der Waals surface area contributed by atoms with Gasteiger partial charge in [-0.2, -0.15) is 0 Å². The fraction of sp³-hybridized carbons (Fsp3) is 0.400. The number of ether oxygens (including phenoxy) is 1. The van der Waals surface area contributed by atoms with Gasteiger partial charge in [-0.05, 0) is 13.8 Å².